The van der Waals surface area contributed by atoms with Crippen LogP contribution in [-0.2, 0) is 14.3 Å². The maximum Gasteiger partial charge on any atom is 0.309 e. The Balaban J connectivity index is 4.68. The maximum absolute atomic E-state index is 11.7. The molecule has 0 aromatic carbocycles. The highest BCUT2D eigenvalue weighted by Crippen LogP contribution is 2.24. The summed E-state index contributed by atoms with van der Waals surface area (Å²) < 4.78 is 4.93. The summed E-state index contributed by atoms with van der Waals surface area (Å²) in [4.78, 5) is 22.8. The minimum atomic E-state index is -0.895. The molecule has 0 aromatic heterocycles. The lowest BCUT2D eigenvalue weighted by Crippen LogP contribution is -2.31. The minimum Gasteiger partial charge on any atom is -0.481 e. The largest absolute Gasteiger partial charge is 0.481 e. The summed E-state index contributed by atoms with van der Waals surface area (Å²) in [5.41, 5.74) is 0. The van der Waals surface area contributed by atoms with Gasteiger partial charge in [-0.2, -0.15) is 0 Å². The summed E-state index contributed by atoms with van der Waals surface area (Å²) in [7, 11) is 0. The molecule has 0 radical (unpaired) electrons. The molecule has 0 aliphatic carbocycles. The first-order chi connectivity index (χ1) is 7.58. The van der Waals surface area contributed by atoms with E-state index in [0.717, 1.165) is 12.8 Å². The Bertz CT molecular complexity index is 225. The van der Waals surface area contributed by atoms with E-state index < -0.39 is 17.8 Å². The number of carboxylic acid groups (broad SMARTS) is 1. The molecule has 0 fully saturated rings. The molecule has 0 saturated heterocycles. The van der Waals surface area contributed by atoms with E-state index in [4.69, 9.17) is 9.84 Å². The first-order valence-corrected chi connectivity index (χ1v) is 5.97. The Labute approximate surface area is 97.0 Å². The molecular formula is C12H22O4. The monoisotopic (exact) mass is 230 g/mol. The van der Waals surface area contributed by atoms with Crippen LogP contribution in [0.2, 0.25) is 0 Å². The summed E-state index contributed by atoms with van der Waals surface area (Å²) in [6.07, 6.45) is 2.65. The number of carboxylic acids is 1. The molecule has 0 heterocycles. The highest BCUT2D eigenvalue weighted by molar-refractivity contribution is 5.81. The van der Waals surface area contributed by atoms with Crippen LogP contribution in [0.1, 0.15) is 46.5 Å². The zero-order valence-corrected chi connectivity index (χ0v) is 10.4. The second kappa shape index (κ2) is 8.13. The third-order valence-corrected chi connectivity index (χ3v) is 2.59. The number of hydrogen-bond donors (Lipinski definition) is 1. The minimum absolute atomic E-state index is 0.303. The summed E-state index contributed by atoms with van der Waals surface area (Å²) in [6, 6.07) is 0. The van der Waals surface area contributed by atoms with Gasteiger partial charge in [-0.3, -0.25) is 9.59 Å². The van der Waals surface area contributed by atoms with Crippen LogP contribution >= 0.6 is 0 Å². The van der Waals surface area contributed by atoms with E-state index in [1.807, 2.05) is 13.8 Å². The molecule has 2 atom stereocenters. The predicted molar refractivity (Wildman–Crippen MR) is 61.1 cm³/mol. The van der Waals surface area contributed by atoms with Crippen LogP contribution in [-0.4, -0.2) is 23.7 Å². The summed E-state index contributed by atoms with van der Waals surface area (Å²) >= 11 is 0. The summed E-state index contributed by atoms with van der Waals surface area (Å²) in [6.45, 7) is 5.90. The van der Waals surface area contributed by atoms with Gasteiger partial charge in [0.1, 0.15) is 0 Å². The first kappa shape index (κ1) is 14.9. The van der Waals surface area contributed by atoms with Crippen molar-refractivity contribution in [3.63, 3.8) is 0 Å². The van der Waals surface area contributed by atoms with Crippen LogP contribution in [0, 0.1) is 11.8 Å². The number of esters is 1. The number of rotatable bonds is 8. The molecule has 4 nitrogen and oxygen atoms in total. The number of aliphatic carboxylic acids is 1. The van der Waals surface area contributed by atoms with Crippen LogP contribution in [0.5, 0.6) is 0 Å². The zero-order chi connectivity index (χ0) is 12.6. The van der Waals surface area contributed by atoms with Gasteiger partial charge < -0.3 is 9.84 Å². The van der Waals surface area contributed by atoms with Gasteiger partial charge in [-0.1, -0.05) is 26.7 Å². The van der Waals surface area contributed by atoms with Gasteiger partial charge in [0, 0.05) is 0 Å². The first-order valence-electron chi connectivity index (χ1n) is 5.97. The van der Waals surface area contributed by atoms with Crippen molar-refractivity contribution < 1.29 is 19.4 Å². The Morgan fingerprint density at radius 2 is 1.56 bits per heavy atom. The van der Waals surface area contributed by atoms with E-state index in [1.165, 1.54) is 0 Å². The van der Waals surface area contributed by atoms with Crippen molar-refractivity contribution in [3.8, 4) is 0 Å². The second-order valence-corrected chi connectivity index (χ2v) is 3.88. The third kappa shape index (κ3) is 4.64. The van der Waals surface area contributed by atoms with Crippen LogP contribution in [0.3, 0.4) is 0 Å². The molecule has 0 aromatic rings. The van der Waals surface area contributed by atoms with Crippen LogP contribution in [0.15, 0.2) is 0 Å². The molecule has 0 aliphatic rings. The highest BCUT2D eigenvalue weighted by Gasteiger charge is 2.33. The average molecular weight is 230 g/mol. The Kier molecular flexibility index (Phi) is 7.60. The average Bonchev–Trinajstić information content (AvgIpc) is 2.23. The Morgan fingerprint density at radius 3 is 1.94 bits per heavy atom. The van der Waals surface area contributed by atoms with Crippen molar-refractivity contribution >= 4 is 11.9 Å². The standard InChI is InChI=1S/C12H22O4/c1-4-7-9(11(13)14)10(8-5-2)12(15)16-6-3/h9-10H,4-8H2,1-3H3,(H,13,14). The fourth-order valence-corrected chi connectivity index (χ4v) is 1.85. The van der Waals surface area contributed by atoms with Crippen molar-refractivity contribution in [2.24, 2.45) is 11.8 Å². The van der Waals surface area contributed by atoms with Gasteiger partial charge in [0.15, 0.2) is 0 Å². The smallest absolute Gasteiger partial charge is 0.309 e. The molecule has 0 aliphatic heterocycles. The van der Waals surface area contributed by atoms with Gasteiger partial charge in [-0.05, 0) is 19.8 Å². The van der Waals surface area contributed by atoms with Crippen molar-refractivity contribution in [2.45, 2.75) is 46.5 Å². The third-order valence-electron chi connectivity index (χ3n) is 2.59. The normalized spacial score (nSPS) is 14.2. The molecular weight excluding hydrogens is 208 g/mol. The van der Waals surface area contributed by atoms with Crippen LogP contribution in [0.25, 0.3) is 0 Å². The molecule has 2 unspecified atom stereocenters. The number of carbonyl (C=O) groups excluding carboxylic acids is 1. The molecule has 0 spiro atoms. The van der Waals surface area contributed by atoms with Gasteiger partial charge in [-0.25, -0.2) is 0 Å². The summed E-state index contributed by atoms with van der Waals surface area (Å²) in [5.74, 6) is -2.37. The van der Waals surface area contributed by atoms with Gasteiger partial charge >= 0.3 is 11.9 Å². The fourth-order valence-electron chi connectivity index (χ4n) is 1.85. The Hall–Kier alpha value is -1.06. The van der Waals surface area contributed by atoms with E-state index in [2.05, 4.69) is 0 Å². The number of carbonyl (C=O) groups is 2. The molecule has 0 rings (SSSR count). The van der Waals surface area contributed by atoms with Gasteiger partial charge in [0.05, 0.1) is 18.4 Å². The zero-order valence-electron chi connectivity index (χ0n) is 10.4. The van der Waals surface area contributed by atoms with Gasteiger partial charge in [-0.15, -0.1) is 0 Å². The topological polar surface area (TPSA) is 63.6 Å². The Morgan fingerprint density at radius 1 is 1.06 bits per heavy atom. The fraction of sp³-hybridized carbons (Fsp3) is 0.833. The number of hydrogen-bond acceptors (Lipinski definition) is 3. The van der Waals surface area contributed by atoms with Gasteiger partial charge in [0.2, 0.25) is 0 Å². The molecule has 0 bridgehead atoms. The SMILES string of the molecule is CCCC(C(=O)O)C(CCC)C(=O)OCC. The van der Waals surface area contributed by atoms with E-state index in [9.17, 15) is 9.59 Å². The van der Waals surface area contributed by atoms with E-state index >= 15 is 0 Å². The van der Waals surface area contributed by atoms with Crippen LogP contribution < -0.4 is 0 Å². The molecule has 94 valence electrons. The number of ether oxygens (including phenoxy) is 1. The quantitative estimate of drug-likeness (QED) is 0.650. The highest BCUT2D eigenvalue weighted by atomic mass is 16.5. The van der Waals surface area contributed by atoms with Crippen molar-refractivity contribution in [2.75, 3.05) is 6.61 Å². The van der Waals surface area contributed by atoms with E-state index in [-0.39, 0.29) is 5.97 Å². The summed E-state index contributed by atoms with van der Waals surface area (Å²) in [5, 5.41) is 9.11. The van der Waals surface area contributed by atoms with E-state index in [0.29, 0.717) is 19.4 Å². The lowest BCUT2D eigenvalue weighted by molar-refractivity contribution is -0.158. The molecule has 16 heavy (non-hydrogen) atoms. The van der Waals surface area contributed by atoms with Crippen molar-refractivity contribution in [1.29, 1.82) is 0 Å². The maximum atomic E-state index is 11.7. The second-order valence-electron chi connectivity index (χ2n) is 3.88. The molecule has 0 saturated carbocycles. The molecule has 0 amide bonds. The van der Waals surface area contributed by atoms with E-state index in [1.54, 1.807) is 6.92 Å². The van der Waals surface area contributed by atoms with Crippen molar-refractivity contribution in [1.82, 2.24) is 0 Å². The van der Waals surface area contributed by atoms with Crippen LogP contribution in [0.4, 0.5) is 0 Å². The molecule has 4 heteroatoms. The predicted octanol–water partition coefficient (Wildman–Crippen LogP) is 2.47. The lowest BCUT2D eigenvalue weighted by Gasteiger charge is -2.21. The molecule has 1 N–H and O–H groups in total. The van der Waals surface area contributed by atoms with Crippen molar-refractivity contribution in [3.05, 3.63) is 0 Å². The van der Waals surface area contributed by atoms with Gasteiger partial charge in [0.25, 0.3) is 0 Å². The lowest BCUT2D eigenvalue weighted by atomic mass is 9.85.